The zero-order valence-corrected chi connectivity index (χ0v) is 11.0. The molecule has 0 saturated carbocycles. The molecule has 98 valence electrons. The van der Waals surface area contributed by atoms with E-state index in [2.05, 4.69) is 6.92 Å². The largest absolute Gasteiger partial charge is 0.419 e. The minimum Gasteiger partial charge on any atom is -0.408 e. The van der Waals surface area contributed by atoms with Gasteiger partial charge in [-0.15, -0.1) is 0 Å². The number of hydrogen-bond donors (Lipinski definition) is 1. The number of nitrogens with two attached hydrogens (primary N) is 1. The zero-order chi connectivity index (χ0) is 13.1. The van der Waals surface area contributed by atoms with Crippen LogP contribution in [-0.2, 0) is 6.54 Å². The number of nitrogens with zero attached hydrogens (tertiary/aromatic N) is 1. The molecule has 4 heteroatoms. The summed E-state index contributed by atoms with van der Waals surface area (Å²) in [5.41, 5.74) is 8.63. The minimum atomic E-state index is -0.299. The normalized spacial score (nSPS) is 13.1. The third-order valence-electron chi connectivity index (χ3n) is 3.31. The van der Waals surface area contributed by atoms with Crippen molar-refractivity contribution >= 4 is 11.1 Å². The monoisotopic (exact) mass is 248 g/mol. The quantitative estimate of drug-likeness (QED) is 0.885. The predicted molar refractivity (Wildman–Crippen MR) is 72.6 cm³/mol. The summed E-state index contributed by atoms with van der Waals surface area (Å²) in [7, 11) is 0. The fourth-order valence-electron chi connectivity index (χ4n) is 2.20. The van der Waals surface area contributed by atoms with Gasteiger partial charge < -0.3 is 10.2 Å². The second-order valence-corrected chi connectivity index (χ2v) is 4.59. The van der Waals surface area contributed by atoms with Crippen LogP contribution in [0.4, 0.5) is 0 Å². The van der Waals surface area contributed by atoms with Gasteiger partial charge in [-0.25, -0.2) is 4.79 Å². The average Bonchev–Trinajstić information content (AvgIpc) is 2.69. The third-order valence-corrected chi connectivity index (χ3v) is 3.31. The smallest absolute Gasteiger partial charge is 0.408 e. The number of oxazole rings is 1. The minimum absolute atomic E-state index is 0.0182. The second kappa shape index (κ2) is 5.40. The van der Waals surface area contributed by atoms with Gasteiger partial charge in [0.05, 0.1) is 5.52 Å². The Bertz CT molecular complexity index is 583. The number of aryl methyl sites for hydroxylation is 1. The molecule has 2 aromatic rings. The molecule has 4 nitrogen and oxygen atoms in total. The van der Waals surface area contributed by atoms with Crippen molar-refractivity contribution in [1.82, 2.24) is 4.57 Å². The molecule has 0 bridgehead atoms. The summed E-state index contributed by atoms with van der Waals surface area (Å²) in [6.45, 7) is 4.70. The maximum atomic E-state index is 11.6. The number of fused-ring (bicyclic) bond motifs is 1. The standard InChI is InChI=1S/C14H20N2O2/c1-3-5-6-11(15)10-7-8-12-13(9-10)18-14(17)16(12)4-2/h7-9,11H,3-6,15H2,1-2H3. The highest BCUT2D eigenvalue weighted by Gasteiger charge is 2.11. The Hall–Kier alpha value is -1.55. The van der Waals surface area contributed by atoms with Crippen LogP contribution in [0.2, 0.25) is 0 Å². The van der Waals surface area contributed by atoms with E-state index in [0.29, 0.717) is 12.1 Å². The van der Waals surface area contributed by atoms with Crippen molar-refractivity contribution < 1.29 is 4.42 Å². The number of rotatable bonds is 5. The number of hydrogen-bond acceptors (Lipinski definition) is 3. The highest BCUT2D eigenvalue weighted by Crippen LogP contribution is 2.21. The van der Waals surface area contributed by atoms with Gasteiger partial charge in [0, 0.05) is 12.6 Å². The summed E-state index contributed by atoms with van der Waals surface area (Å²) >= 11 is 0. The van der Waals surface area contributed by atoms with Crippen LogP contribution in [0.15, 0.2) is 27.4 Å². The fraction of sp³-hybridized carbons (Fsp3) is 0.500. The molecule has 0 radical (unpaired) electrons. The molecule has 1 aromatic carbocycles. The van der Waals surface area contributed by atoms with Gasteiger partial charge in [-0.1, -0.05) is 25.8 Å². The predicted octanol–water partition coefficient (Wildman–Crippen LogP) is 2.80. The molecule has 0 saturated heterocycles. The summed E-state index contributed by atoms with van der Waals surface area (Å²) in [4.78, 5) is 11.6. The molecule has 0 aliphatic carbocycles. The highest BCUT2D eigenvalue weighted by atomic mass is 16.4. The van der Waals surface area contributed by atoms with Crippen LogP contribution >= 0.6 is 0 Å². The summed E-state index contributed by atoms with van der Waals surface area (Å²) in [5, 5.41) is 0. The van der Waals surface area contributed by atoms with Crippen molar-refractivity contribution in [1.29, 1.82) is 0 Å². The van der Waals surface area contributed by atoms with Gasteiger partial charge in [0.1, 0.15) is 0 Å². The van der Waals surface area contributed by atoms with E-state index in [1.54, 1.807) is 4.57 Å². The van der Waals surface area contributed by atoms with E-state index < -0.39 is 0 Å². The van der Waals surface area contributed by atoms with E-state index >= 15 is 0 Å². The summed E-state index contributed by atoms with van der Waals surface area (Å²) in [5.74, 6) is -0.299. The Labute approximate surface area is 106 Å². The Morgan fingerprint density at radius 2 is 2.17 bits per heavy atom. The zero-order valence-electron chi connectivity index (χ0n) is 11.0. The molecule has 1 atom stereocenters. The van der Waals surface area contributed by atoms with Crippen molar-refractivity contribution in [3.05, 3.63) is 34.3 Å². The number of aromatic nitrogens is 1. The van der Waals surface area contributed by atoms with Gasteiger partial charge in [0.2, 0.25) is 0 Å². The molecule has 0 spiro atoms. The first-order valence-corrected chi connectivity index (χ1v) is 6.56. The fourth-order valence-corrected chi connectivity index (χ4v) is 2.20. The maximum absolute atomic E-state index is 11.6. The lowest BCUT2D eigenvalue weighted by atomic mass is 10.0. The molecule has 2 rings (SSSR count). The van der Waals surface area contributed by atoms with E-state index in [9.17, 15) is 4.79 Å². The Kier molecular flexibility index (Phi) is 3.87. The lowest BCUT2D eigenvalue weighted by molar-refractivity contribution is 0.512. The Morgan fingerprint density at radius 3 is 2.83 bits per heavy atom. The van der Waals surface area contributed by atoms with Gasteiger partial charge in [-0.2, -0.15) is 0 Å². The first-order valence-electron chi connectivity index (χ1n) is 6.56. The number of benzene rings is 1. The molecule has 2 N–H and O–H groups in total. The molecule has 1 aromatic heterocycles. The van der Waals surface area contributed by atoms with E-state index in [0.717, 1.165) is 30.3 Å². The van der Waals surface area contributed by atoms with Crippen molar-refractivity contribution in [2.75, 3.05) is 0 Å². The average molecular weight is 248 g/mol. The van der Waals surface area contributed by atoms with E-state index in [1.807, 2.05) is 25.1 Å². The molecule has 0 fully saturated rings. The van der Waals surface area contributed by atoms with Crippen molar-refractivity contribution in [3.63, 3.8) is 0 Å². The van der Waals surface area contributed by atoms with Gasteiger partial charge in [-0.05, 0) is 31.0 Å². The van der Waals surface area contributed by atoms with Crippen LogP contribution in [0, 0.1) is 0 Å². The maximum Gasteiger partial charge on any atom is 0.419 e. The molecule has 0 amide bonds. The van der Waals surface area contributed by atoms with Crippen molar-refractivity contribution in [2.45, 2.75) is 45.7 Å². The van der Waals surface area contributed by atoms with Gasteiger partial charge in [-0.3, -0.25) is 4.57 Å². The molecular weight excluding hydrogens is 228 g/mol. The Morgan fingerprint density at radius 1 is 1.39 bits per heavy atom. The van der Waals surface area contributed by atoms with E-state index in [1.165, 1.54) is 0 Å². The van der Waals surface area contributed by atoms with Crippen LogP contribution in [-0.4, -0.2) is 4.57 Å². The van der Waals surface area contributed by atoms with Crippen LogP contribution in [0.25, 0.3) is 11.1 Å². The van der Waals surface area contributed by atoms with E-state index in [-0.39, 0.29) is 11.8 Å². The first kappa shape index (κ1) is 12.9. The SMILES string of the molecule is CCCCC(N)c1ccc2c(c1)oc(=O)n2CC. The molecule has 1 unspecified atom stereocenters. The van der Waals surface area contributed by atoms with Crippen LogP contribution < -0.4 is 11.5 Å². The summed E-state index contributed by atoms with van der Waals surface area (Å²) in [6.07, 6.45) is 3.21. The molecule has 0 aliphatic rings. The topological polar surface area (TPSA) is 61.2 Å². The van der Waals surface area contributed by atoms with Gasteiger partial charge >= 0.3 is 5.76 Å². The lowest BCUT2D eigenvalue weighted by Gasteiger charge is -2.11. The Balaban J connectivity index is 2.36. The van der Waals surface area contributed by atoms with Crippen LogP contribution in [0.5, 0.6) is 0 Å². The first-order chi connectivity index (χ1) is 8.67. The van der Waals surface area contributed by atoms with Crippen LogP contribution in [0.3, 0.4) is 0 Å². The van der Waals surface area contributed by atoms with Crippen LogP contribution in [0.1, 0.15) is 44.7 Å². The summed E-state index contributed by atoms with van der Waals surface area (Å²) < 4.78 is 6.86. The summed E-state index contributed by atoms with van der Waals surface area (Å²) in [6, 6.07) is 5.82. The highest BCUT2D eigenvalue weighted by molar-refractivity contribution is 5.73. The van der Waals surface area contributed by atoms with Crippen molar-refractivity contribution in [3.8, 4) is 0 Å². The molecule has 18 heavy (non-hydrogen) atoms. The van der Waals surface area contributed by atoms with Gasteiger partial charge in [0.15, 0.2) is 5.58 Å². The van der Waals surface area contributed by atoms with Crippen molar-refractivity contribution in [2.24, 2.45) is 5.73 Å². The molecule has 0 aliphatic heterocycles. The van der Waals surface area contributed by atoms with E-state index in [4.69, 9.17) is 10.2 Å². The lowest BCUT2D eigenvalue weighted by Crippen LogP contribution is -2.12. The molecule has 1 heterocycles. The van der Waals surface area contributed by atoms with Gasteiger partial charge in [0.25, 0.3) is 0 Å². The third kappa shape index (κ3) is 2.34. The number of unbranched alkanes of at least 4 members (excludes halogenated alkanes) is 1. The molecular formula is C14H20N2O2. The second-order valence-electron chi connectivity index (χ2n) is 4.59.